The average molecular weight is 367 g/mol. The highest BCUT2D eigenvalue weighted by molar-refractivity contribution is 7.15. The number of carbonyl (C=O) groups excluding carboxylic acids is 1. The van der Waals surface area contributed by atoms with Gasteiger partial charge in [-0.05, 0) is 23.8 Å². The van der Waals surface area contributed by atoms with Crippen molar-refractivity contribution in [1.82, 2.24) is 9.88 Å². The van der Waals surface area contributed by atoms with Crippen molar-refractivity contribution in [2.24, 2.45) is 0 Å². The molecule has 1 N–H and O–H groups in total. The van der Waals surface area contributed by atoms with Crippen molar-refractivity contribution in [2.75, 3.05) is 11.9 Å². The molecule has 4 rings (SSSR count). The first-order valence-corrected chi connectivity index (χ1v) is 9.31. The third kappa shape index (κ3) is 3.81. The van der Waals surface area contributed by atoms with Crippen molar-refractivity contribution in [3.05, 3.63) is 82.1 Å². The summed E-state index contributed by atoms with van der Waals surface area (Å²) in [7, 11) is 0. The fraction of sp³-hybridized carbons (Fsp3) is 0.200. The molecule has 2 heterocycles. The fourth-order valence-electron chi connectivity index (χ4n) is 3.08. The summed E-state index contributed by atoms with van der Waals surface area (Å²) in [6.45, 7) is 2.68. The van der Waals surface area contributed by atoms with Gasteiger partial charge in [-0.3, -0.25) is 15.0 Å². The fourth-order valence-corrected chi connectivity index (χ4v) is 4.12. The van der Waals surface area contributed by atoms with Crippen LogP contribution >= 0.6 is 11.3 Å². The average Bonchev–Trinajstić information content (AvgIpc) is 3.04. The second-order valence-corrected chi connectivity index (χ2v) is 7.38. The number of carbonyl (C=O) groups is 1. The Balaban J connectivity index is 1.43. The minimum Gasteiger partial charge on any atom is -0.298 e. The minimum atomic E-state index is -0.423. The summed E-state index contributed by atoms with van der Waals surface area (Å²) in [5.41, 5.74) is 2.64. The Morgan fingerprint density at radius 3 is 2.85 bits per heavy atom. The molecule has 6 heteroatoms. The van der Waals surface area contributed by atoms with Crippen LogP contribution in [0.25, 0.3) is 0 Å². The highest BCUT2D eigenvalue weighted by Crippen LogP contribution is 2.29. The van der Waals surface area contributed by atoms with Crippen molar-refractivity contribution in [3.63, 3.8) is 0 Å². The van der Waals surface area contributed by atoms with E-state index in [1.54, 1.807) is 6.07 Å². The topological polar surface area (TPSA) is 45.2 Å². The molecule has 26 heavy (non-hydrogen) atoms. The van der Waals surface area contributed by atoms with Crippen molar-refractivity contribution in [1.29, 1.82) is 0 Å². The Bertz CT molecular complexity index is 926. The van der Waals surface area contributed by atoms with Crippen LogP contribution in [0.2, 0.25) is 0 Å². The standard InChI is InChI=1S/C20H18FN3OS/c21-16-8-4-7-15(11-16)19(25)23-20-22-17-9-10-24(13-18(17)26-20)12-14-5-2-1-3-6-14/h1-8,11H,9-10,12-13H2,(H,22,23,25). The Labute approximate surface area is 155 Å². The number of fused-ring (bicyclic) bond motifs is 1. The van der Waals surface area contributed by atoms with Crippen molar-refractivity contribution in [3.8, 4) is 0 Å². The minimum absolute atomic E-state index is 0.295. The lowest BCUT2D eigenvalue weighted by Crippen LogP contribution is -2.29. The van der Waals surface area contributed by atoms with Crippen molar-refractivity contribution < 1.29 is 9.18 Å². The number of rotatable bonds is 4. The first kappa shape index (κ1) is 16.9. The number of aromatic nitrogens is 1. The van der Waals surface area contributed by atoms with Gasteiger partial charge < -0.3 is 0 Å². The Kier molecular flexibility index (Phi) is 4.77. The largest absolute Gasteiger partial charge is 0.298 e. The molecule has 1 aromatic heterocycles. The number of nitrogens with zero attached hydrogens (tertiary/aromatic N) is 2. The van der Waals surface area contributed by atoms with Crippen LogP contribution in [0, 0.1) is 5.82 Å². The smallest absolute Gasteiger partial charge is 0.257 e. The van der Waals surface area contributed by atoms with Gasteiger partial charge in [-0.2, -0.15) is 0 Å². The monoisotopic (exact) mass is 367 g/mol. The number of halogens is 1. The van der Waals surface area contributed by atoms with Gasteiger partial charge >= 0.3 is 0 Å². The molecule has 1 aliphatic heterocycles. The van der Waals surface area contributed by atoms with E-state index in [2.05, 4.69) is 39.5 Å². The van der Waals surface area contributed by atoms with E-state index in [-0.39, 0.29) is 5.91 Å². The molecular weight excluding hydrogens is 349 g/mol. The van der Waals surface area contributed by atoms with Gasteiger partial charge in [-0.25, -0.2) is 9.37 Å². The molecule has 132 valence electrons. The SMILES string of the molecule is O=C(Nc1nc2c(s1)CN(Cc1ccccc1)CC2)c1cccc(F)c1. The third-order valence-corrected chi connectivity index (χ3v) is 5.36. The van der Waals surface area contributed by atoms with E-state index >= 15 is 0 Å². The number of nitrogens with one attached hydrogen (secondary N) is 1. The van der Waals surface area contributed by atoms with Crippen LogP contribution in [-0.2, 0) is 19.5 Å². The zero-order valence-corrected chi connectivity index (χ0v) is 14.9. The number of hydrogen-bond donors (Lipinski definition) is 1. The van der Waals surface area contributed by atoms with Crippen molar-refractivity contribution in [2.45, 2.75) is 19.5 Å². The van der Waals surface area contributed by atoms with Crippen LogP contribution < -0.4 is 5.32 Å². The second-order valence-electron chi connectivity index (χ2n) is 6.30. The van der Waals surface area contributed by atoms with E-state index in [4.69, 9.17) is 0 Å². The Morgan fingerprint density at radius 1 is 1.19 bits per heavy atom. The molecule has 4 nitrogen and oxygen atoms in total. The highest BCUT2D eigenvalue weighted by Gasteiger charge is 2.21. The number of benzene rings is 2. The summed E-state index contributed by atoms with van der Waals surface area (Å²) in [6, 6.07) is 16.1. The second kappa shape index (κ2) is 7.35. The van der Waals surface area contributed by atoms with E-state index in [0.29, 0.717) is 10.7 Å². The molecule has 0 saturated carbocycles. The molecule has 1 aliphatic rings. The lowest BCUT2D eigenvalue weighted by molar-refractivity contribution is 0.102. The molecular formula is C20H18FN3OS. The van der Waals surface area contributed by atoms with Gasteiger partial charge in [-0.1, -0.05) is 36.4 Å². The zero-order chi connectivity index (χ0) is 17.9. The Hall–Kier alpha value is -2.57. The van der Waals surface area contributed by atoms with E-state index in [1.807, 2.05) is 6.07 Å². The number of anilines is 1. The summed E-state index contributed by atoms with van der Waals surface area (Å²) < 4.78 is 13.3. The third-order valence-electron chi connectivity index (χ3n) is 4.37. The van der Waals surface area contributed by atoms with Gasteiger partial charge in [-0.15, -0.1) is 11.3 Å². The van der Waals surface area contributed by atoms with Gasteiger partial charge in [0.25, 0.3) is 5.91 Å². The van der Waals surface area contributed by atoms with Gasteiger partial charge in [0, 0.05) is 36.5 Å². The molecule has 0 aliphatic carbocycles. The molecule has 0 spiro atoms. The quantitative estimate of drug-likeness (QED) is 0.755. The number of hydrogen-bond acceptors (Lipinski definition) is 4. The lowest BCUT2D eigenvalue weighted by Gasteiger charge is -2.25. The summed E-state index contributed by atoms with van der Waals surface area (Å²) in [4.78, 5) is 20.4. The maximum absolute atomic E-state index is 13.3. The normalized spacial score (nSPS) is 14.0. The van der Waals surface area contributed by atoms with Crippen LogP contribution in [-0.4, -0.2) is 22.3 Å². The van der Waals surface area contributed by atoms with Crippen molar-refractivity contribution >= 4 is 22.4 Å². The van der Waals surface area contributed by atoms with Crippen LogP contribution in [0.1, 0.15) is 26.5 Å². The maximum Gasteiger partial charge on any atom is 0.257 e. The van der Waals surface area contributed by atoms with Gasteiger partial charge in [0.05, 0.1) is 5.69 Å². The molecule has 0 radical (unpaired) electrons. The molecule has 0 saturated heterocycles. The van der Waals surface area contributed by atoms with Gasteiger partial charge in [0.15, 0.2) is 5.13 Å². The summed E-state index contributed by atoms with van der Waals surface area (Å²) in [5.74, 6) is -0.760. The molecule has 0 atom stereocenters. The van der Waals surface area contributed by atoms with E-state index < -0.39 is 5.82 Å². The van der Waals surface area contributed by atoms with Crippen LogP contribution in [0.15, 0.2) is 54.6 Å². The highest BCUT2D eigenvalue weighted by atomic mass is 32.1. The van der Waals surface area contributed by atoms with E-state index in [9.17, 15) is 9.18 Å². The predicted molar refractivity (Wildman–Crippen MR) is 101 cm³/mol. The van der Waals surface area contributed by atoms with Crippen LogP contribution in [0.4, 0.5) is 9.52 Å². The maximum atomic E-state index is 13.3. The molecule has 0 unspecified atom stereocenters. The Morgan fingerprint density at radius 2 is 2.04 bits per heavy atom. The van der Waals surface area contributed by atoms with E-state index in [1.165, 1.54) is 40.0 Å². The summed E-state index contributed by atoms with van der Waals surface area (Å²) in [5, 5.41) is 3.37. The van der Waals surface area contributed by atoms with Crippen LogP contribution in [0.5, 0.6) is 0 Å². The predicted octanol–water partition coefficient (Wildman–Crippen LogP) is 4.09. The van der Waals surface area contributed by atoms with Gasteiger partial charge in [0.1, 0.15) is 5.82 Å². The molecule has 0 fully saturated rings. The zero-order valence-electron chi connectivity index (χ0n) is 14.1. The summed E-state index contributed by atoms with van der Waals surface area (Å²) in [6.07, 6.45) is 0.870. The molecule has 0 bridgehead atoms. The molecule has 1 amide bonds. The van der Waals surface area contributed by atoms with Gasteiger partial charge in [0.2, 0.25) is 0 Å². The van der Waals surface area contributed by atoms with Crippen LogP contribution in [0.3, 0.4) is 0 Å². The first-order chi connectivity index (χ1) is 12.7. The summed E-state index contributed by atoms with van der Waals surface area (Å²) >= 11 is 1.50. The van der Waals surface area contributed by atoms with E-state index in [0.717, 1.165) is 31.7 Å². The number of amides is 1. The number of thiazole rings is 1. The lowest BCUT2D eigenvalue weighted by atomic mass is 10.1. The first-order valence-electron chi connectivity index (χ1n) is 8.49. The molecule has 3 aromatic rings. The molecule has 2 aromatic carbocycles.